The third-order valence-corrected chi connectivity index (χ3v) is 3.24. The molecule has 0 spiro atoms. The predicted molar refractivity (Wildman–Crippen MR) is 58.4 cm³/mol. The maximum atomic E-state index is 5.34. The van der Waals surface area contributed by atoms with E-state index in [9.17, 15) is 0 Å². The van der Waals surface area contributed by atoms with Crippen molar-refractivity contribution in [3.63, 3.8) is 0 Å². The second-order valence-electron chi connectivity index (χ2n) is 3.58. The van der Waals surface area contributed by atoms with E-state index in [1.54, 1.807) is 0 Å². The Balaban J connectivity index is 2.04. The number of halogens is 1. The van der Waals surface area contributed by atoms with E-state index in [4.69, 9.17) is 6.42 Å². The van der Waals surface area contributed by atoms with Gasteiger partial charge in [-0.15, -0.1) is 12.3 Å². The summed E-state index contributed by atoms with van der Waals surface area (Å²) < 4.78 is 1.14. The zero-order valence-electron chi connectivity index (χ0n) is 7.33. The molecule has 1 aromatic carbocycles. The van der Waals surface area contributed by atoms with Gasteiger partial charge < -0.3 is 0 Å². The molecule has 1 fully saturated rings. The molecule has 0 atom stereocenters. The lowest BCUT2D eigenvalue weighted by Gasteiger charge is -2.32. The normalized spacial score (nSPS) is 26.2. The Labute approximate surface area is 87.5 Å². The van der Waals surface area contributed by atoms with Crippen LogP contribution in [0.2, 0.25) is 0 Å². The highest BCUT2D eigenvalue weighted by molar-refractivity contribution is 9.10. The van der Waals surface area contributed by atoms with E-state index >= 15 is 0 Å². The van der Waals surface area contributed by atoms with E-state index in [1.165, 1.54) is 5.56 Å². The first-order chi connectivity index (χ1) is 6.29. The van der Waals surface area contributed by atoms with Gasteiger partial charge in [0, 0.05) is 10.4 Å². The van der Waals surface area contributed by atoms with Gasteiger partial charge in [-0.05, 0) is 36.5 Å². The lowest BCUT2D eigenvalue weighted by molar-refractivity contribution is 0.334. The fraction of sp³-hybridized carbons (Fsp3) is 0.333. The Kier molecular flexibility index (Phi) is 2.42. The quantitative estimate of drug-likeness (QED) is 0.652. The van der Waals surface area contributed by atoms with E-state index < -0.39 is 0 Å². The van der Waals surface area contributed by atoms with Crippen LogP contribution in [0.3, 0.4) is 0 Å². The molecule has 1 aliphatic rings. The molecular weight excluding hydrogens is 224 g/mol. The molecule has 0 aromatic heterocycles. The van der Waals surface area contributed by atoms with Crippen LogP contribution < -0.4 is 0 Å². The van der Waals surface area contributed by atoms with Crippen molar-refractivity contribution in [2.45, 2.75) is 18.8 Å². The van der Waals surface area contributed by atoms with Crippen LogP contribution in [0.1, 0.15) is 24.3 Å². The first-order valence-corrected chi connectivity index (χ1v) is 5.30. The lowest BCUT2D eigenvalue weighted by Crippen LogP contribution is -2.19. The molecule has 0 saturated heterocycles. The first-order valence-electron chi connectivity index (χ1n) is 4.51. The van der Waals surface area contributed by atoms with E-state index in [0.29, 0.717) is 11.8 Å². The molecule has 1 heteroatoms. The van der Waals surface area contributed by atoms with Crippen LogP contribution in [0, 0.1) is 18.3 Å². The van der Waals surface area contributed by atoms with Crippen LogP contribution >= 0.6 is 15.9 Å². The SMILES string of the molecule is C#CC1CC(c2ccc(Br)cc2)C1. The van der Waals surface area contributed by atoms with Crippen molar-refractivity contribution < 1.29 is 0 Å². The van der Waals surface area contributed by atoms with Crippen molar-refractivity contribution in [3.05, 3.63) is 34.3 Å². The number of rotatable bonds is 1. The molecule has 0 aliphatic heterocycles. The second-order valence-corrected chi connectivity index (χ2v) is 4.50. The van der Waals surface area contributed by atoms with Gasteiger partial charge in [0.15, 0.2) is 0 Å². The van der Waals surface area contributed by atoms with Crippen molar-refractivity contribution in [3.8, 4) is 12.3 Å². The third-order valence-electron chi connectivity index (χ3n) is 2.72. The summed E-state index contributed by atoms with van der Waals surface area (Å²) in [6, 6.07) is 8.56. The summed E-state index contributed by atoms with van der Waals surface area (Å²) in [4.78, 5) is 0. The van der Waals surface area contributed by atoms with Gasteiger partial charge in [-0.3, -0.25) is 0 Å². The van der Waals surface area contributed by atoms with Crippen molar-refractivity contribution in [1.29, 1.82) is 0 Å². The molecule has 0 N–H and O–H groups in total. The molecule has 66 valence electrons. The average molecular weight is 235 g/mol. The molecule has 2 rings (SSSR count). The van der Waals surface area contributed by atoms with E-state index in [-0.39, 0.29) is 0 Å². The highest BCUT2D eigenvalue weighted by Gasteiger charge is 2.28. The van der Waals surface area contributed by atoms with Crippen LogP contribution in [-0.2, 0) is 0 Å². The molecule has 1 aromatic rings. The second kappa shape index (κ2) is 3.55. The topological polar surface area (TPSA) is 0 Å². The summed E-state index contributed by atoms with van der Waals surface area (Å²) in [5, 5.41) is 0. The molecule has 0 heterocycles. The highest BCUT2D eigenvalue weighted by atomic mass is 79.9. The van der Waals surface area contributed by atoms with Crippen LogP contribution in [0.25, 0.3) is 0 Å². The third kappa shape index (κ3) is 1.78. The van der Waals surface area contributed by atoms with Gasteiger partial charge in [-0.1, -0.05) is 28.1 Å². The molecule has 13 heavy (non-hydrogen) atoms. The Morgan fingerprint density at radius 2 is 1.85 bits per heavy atom. The lowest BCUT2D eigenvalue weighted by atomic mass is 9.72. The van der Waals surface area contributed by atoms with Gasteiger partial charge in [0.1, 0.15) is 0 Å². The van der Waals surface area contributed by atoms with Gasteiger partial charge in [-0.2, -0.15) is 0 Å². The van der Waals surface area contributed by atoms with Crippen molar-refractivity contribution in [2.24, 2.45) is 5.92 Å². The number of hydrogen-bond acceptors (Lipinski definition) is 0. The molecule has 0 unspecified atom stereocenters. The molecule has 0 radical (unpaired) electrons. The minimum atomic E-state index is 0.522. The Hall–Kier alpha value is -0.740. The van der Waals surface area contributed by atoms with Crippen molar-refractivity contribution in [1.82, 2.24) is 0 Å². The molecule has 1 aliphatic carbocycles. The van der Waals surface area contributed by atoms with E-state index in [1.807, 2.05) is 0 Å². The summed E-state index contributed by atoms with van der Waals surface area (Å²) in [5.41, 5.74) is 1.43. The van der Waals surface area contributed by atoms with Gasteiger partial charge in [-0.25, -0.2) is 0 Å². The highest BCUT2D eigenvalue weighted by Crippen LogP contribution is 2.41. The fourth-order valence-electron chi connectivity index (χ4n) is 1.76. The van der Waals surface area contributed by atoms with Crippen LogP contribution in [0.15, 0.2) is 28.7 Å². The summed E-state index contributed by atoms with van der Waals surface area (Å²) in [6.45, 7) is 0. The Morgan fingerprint density at radius 3 is 2.38 bits per heavy atom. The van der Waals surface area contributed by atoms with Gasteiger partial charge in [0.05, 0.1) is 0 Å². The van der Waals surface area contributed by atoms with Crippen molar-refractivity contribution >= 4 is 15.9 Å². The van der Waals surface area contributed by atoms with Crippen molar-refractivity contribution in [2.75, 3.05) is 0 Å². The Morgan fingerprint density at radius 1 is 1.23 bits per heavy atom. The zero-order valence-corrected chi connectivity index (χ0v) is 8.92. The van der Waals surface area contributed by atoms with E-state index in [0.717, 1.165) is 17.3 Å². The summed E-state index contributed by atoms with van der Waals surface area (Å²) >= 11 is 3.43. The summed E-state index contributed by atoms with van der Waals surface area (Å²) in [5.74, 6) is 4.03. The monoisotopic (exact) mass is 234 g/mol. The molecule has 0 nitrogen and oxygen atoms in total. The number of benzene rings is 1. The van der Waals surface area contributed by atoms with Gasteiger partial charge in [0.25, 0.3) is 0 Å². The maximum Gasteiger partial charge on any atom is 0.0211 e. The first kappa shape index (κ1) is 8.84. The standard InChI is InChI=1S/C12H11Br/c1-2-9-7-11(8-9)10-3-5-12(13)6-4-10/h1,3-6,9,11H,7-8H2. The average Bonchev–Trinajstić information content (AvgIpc) is 2.06. The summed E-state index contributed by atoms with van der Waals surface area (Å²) in [6.07, 6.45) is 7.67. The fourth-order valence-corrected chi connectivity index (χ4v) is 2.03. The Bertz CT molecular complexity index is 325. The number of hydrogen-bond donors (Lipinski definition) is 0. The maximum absolute atomic E-state index is 5.34. The molecule has 0 amide bonds. The number of terminal acetylenes is 1. The largest absolute Gasteiger partial charge is 0.120 e. The van der Waals surface area contributed by atoms with E-state index in [2.05, 4.69) is 46.1 Å². The summed E-state index contributed by atoms with van der Waals surface area (Å²) in [7, 11) is 0. The minimum Gasteiger partial charge on any atom is -0.120 e. The minimum absolute atomic E-state index is 0.522. The molecular formula is C12H11Br. The molecule has 1 saturated carbocycles. The van der Waals surface area contributed by atoms with Crippen LogP contribution in [-0.4, -0.2) is 0 Å². The van der Waals surface area contributed by atoms with Crippen LogP contribution in [0.4, 0.5) is 0 Å². The molecule has 0 bridgehead atoms. The van der Waals surface area contributed by atoms with Crippen LogP contribution in [0.5, 0.6) is 0 Å². The predicted octanol–water partition coefficient (Wildman–Crippen LogP) is 3.58. The zero-order chi connectivity index (χ0) is 9.26. The smallest absolute Gasteiger partial charge is 0.0211 e. The van der Waals surface area contributed by atoms with Gasteiger partial charge >= 0.3 is 0 Å². The van der Waals surface area contributed by atoms with Gasteiger partial charge in [0.2, 0.25) is 0 Å².